The average molecular weight is 2490 g/mol. The van der Waals surface area contributed by atoms with Crippen molar-refractivity contribution >= 4 is 134 Å². The Hall–Kier alpha value is -8.23. The van der Waals surface area contributed by atoms with Crippen molar-refractivity contribution in [2.45, 2.75) is 139 Å². The van der Waals surface area contributed by atoms with Gasteiger partial charge in [-0.05, 0) is 84.2 Å². The van der Waals surface area contributed by atoms with E-state index in [0.717, 1.165) is 12.5 Å². The second kappa shape index (κ2) is 64.8. The number of carbonyl (C=O) groups excluding carboxylic acids is 17. The molecule has 0 bridgehead atoms. The number of aliphatic hydroxyl groups excluding tert-OH is 1. The van der Waals surface area contributed by atoms with E-state index in [1.165, 1.54) is 53.4 Å². The van der Waals surface area contributed by atoms with Crippen LogP contribution in [0.15, 0.2) is 103 Å². The van der Waals surface area contributed by atoms with Crippen molar-refractivity contribution < 1.29 is 276 Å². The van der Waals surface area contributed by atoms with Crippen LogP contribution in [-0.2, 0) is 110 Å². The van der Waals surface area contributed by atoms with Crippen LogP contribution in [0, 0.1) is 193 Å². The maximum atomic E-state index is 15.4. The van der Waals surface area contributed by atoms with E-state index in [1.807, 2.05) is 12.1 Å². The second-order valence-corrected chi connectivity index (χ2v) is 33.8. The first-order valence-corrected chi connectivity index (χ1v) is 44.4. The molecule has 746 valence electrons. The number of phenolic OH excluding ortho intramolecular Hbond substituents is 2. The van der Waals surface area contributed by atoms with Gasteiger partial charge in [0.25, 0.3) is 0 Å². The SMILES string of the molecule is [CH2-]C(=O)NCCN(CCNC([CH2-])=O)CC(=O)NCCNC(=O)[C@H](CC(=O)O)NC(=O)[C@H](Cc1ccc(-c2ccccc2)cc1)NC(=O)[C@@H]1CSSC[C@H](NC(=O)[C@@H]2CCCN2C(=O)C(CC(C)C)NC(=O)CN(CCNC([CH2-])=O)CCNC([CH2-])=O)C(=O)N[C@@H](CC(=O)O)C(=O)N[C@@H](Cc2ccc(O)cc2)C(=O)N[C@@H](Cc2ccc(O)cc2)C(=O)NCC(=O)N[C@@H](C(C)O)C(=O)N1.[Gd].[Gd].[Gd].[Gd]. The van der Waals surface area contributed by atoms with Crippen molar-refractivity contribution in [1.82, 2.24) is 99.8 Å². The summed E-state index contributed by atoms with van der Waals surface area (Å²) in [4.78, 5) is 266. The second-order valence-electron chi connectivity index (χ2n) is 31.2. The zero-order chi connectivity index (χ0) is 96.4. The number of aromatic hydroxyl groups is 2. The predicted molar refractivity (Wildman–Crippen MR) is 477 cm³/mol. The van der Waals surface area contributed by atoms with Crippen LogP contribution in [0.2, 0.25) is 0 Å². The molecule has 49 heteroatoms. The number of aliphatic carboxylic acids is 2. The van der Waals surface area contributed by atoms with Crippen LogP contribution in [0.4, 0.5) is 0 Å². The Morgan fingerprint density at radius 1 is 0.489 bits per heavy atom. The van der Waals surface area contributed by atoms with E-state index in [2.05, 4.69) is 113 Å². The molecule has 2 heterocycles. The van der Waals surface area contributed by atoms with E-state index in [9.17, 15) is 97.5 Å². The summed E-state index contributed by atoms with van der Waals surface area (Å²) < 4.78 is 0. The standard InChI is InChI=1S/C86H115N19O24S2.4Gd/c1-49(2)38-67(94-73(115)46-104(36-31-89-53(6)109)37-32-90-54(7)110)86(129)105-33-11-14-70(105)84(127)100-68-47-130-131-48-69(83(126)97-64(40-55-15-21-59(22-16-55)58-12-9-8-10-13-58)80(123)98-65(42-74(116)117)77(120)92-28-27-91-72(114)45-103(34-29-87-51(4)107)35-30-88-52(5)108)101-85(128)76(50(3)106)102-71(113)44-93-78(121)62(39-56-17-23-60(111)24-18-56)95-79(122)63(41-57-19-25-61(112)26-20-57)96-81(124)66(43-75(118)119)99-82(68)125;;;;/h8-10,12-13,15-26,49-50,62-70,76,106,111-112H,4-7,11,14,27-48H2,1-3H3,(H,87,107)(H,88,108)(H,89,109)(H,90,110)(H,91,114)(H,92,120)(H,93,121)(H,94,115)(H,95,122)(H,96,124)(H,97,126)(H,98,123)(H,99,125)(H,100,127)(H,101,128)(H,102,113)(H,116,117)(H,118,119);;;;/q-4;;;;/t50?,62-,63-,64-,65-,66-,67?,68-,69-,70-,76-;;;;/m0..../s1. The number of likely N-dealkylation sites (tertiary alicyclic amines) is 1. The third kappa shape index (κ3) is 46.9. The molecular formula is C86H115Gd4N19O24S2-4. The Balaban J connectivity index is 0.0000154. The smallest absolute Gasteiger partial charge is 0.305 e. The molecule has 2 unspecified atom stereocenters. The molecule has 6 rings (SSSR count). The number of nitrogens with one attached hydrogen (secondary N) is 16. The largest absolute Gasteiger partial charge is 0.508 e. The molecule has 2 fully saturated rings. The van der Waals surface area contributed by atoms with Gasteiger partial charge < -0.3 is 162 Å². The molecule has 0 spiro atoms. The number of hydrogen-bond acceptors (Lipinski definition) is 26. The summed E-state index contributed by atoms with van der Waals surface area (Å²) in [6.45, 7) is 16.1. The summed E-state index contributed by atoms with van der Waals surface area (Å²) in [6, 6.07) is 8.33. The predicted octanol–water partition coefficient (Wildman–Crippen LogP) is -5.33. The fourth-order valence-electron chi connectivity index (χ4n) is 13.6. The minimum Gasteiger partial charge on any atom is -0.508 e. The molecule has 2 aliphatic rings. The van der Waals surface area contributed by atoms with Gasteiger partial charge >= 0.3 is 11.9 Å². The van der Waals surface area contributed by atoms with Gasteiger partial charge in [-0.3, -0.25) is 81.7 Å². The topological polar surface area (TPSA) is 628 Å². The number of benzene rings is 4. The first-order valence-electron chi connectivity index (χ1n) is 41.9. The number of amides is 17. The third-order valence-electron chi connectivity index (χ3n) is 20.2. The summed E-state index contributed by atoms with van der Waals surface area (Å²) in [7, 11) is 1.39. The Kier molecular flexibility index (Phi) is 59.0. The fourth-order valence-corrected chi connectivity index (χ4v) is 15.9. The molecule has 2 saturated heterocycles. The monoisotopic (exact) mass is 2490 g/mol. The Morgan fingerprint density at radius 2 is 0.970 bits per heavy atom. The van der Waals surface area contributed by atoms with Crippen molar-refractivity contribution in [2.24, 2.45) is 5.92 Å². The normalized spacial score (nSPS) is 18.2. The molecule has 0 saturated carbocycles. The third-order valence-corrected chi connectivity index (χ3v) is 22.6. The van der Waals surface area contributed by atoms with E-state index in [1.54, 1.807) is 66.1 Å². The zero-order valence-corrected chi connectivity index (χ0v) is 84.8. The summed E-state index contributed by atoms with van der Waals surface area (Å²) in [5.41, 5.74) is 2.40. The summed E-state index contributed by atoms with van der Waals surface area (Å²) in [5.74, 6) is -21.3. The van der Waals surface area contributed by atoms with Gasteiger partial charge in [-0.15, -0.1) is 0 Å². The number of carboxylic acids is 2. The van der Waals surface area contributed by atoms with Crippen molar-refractivity contribution in [1.29, 1.82) is 0 Å². The number of carboxylic acid groups (broad SMARTS) is 2. The van der Waals surface area contributed by atoms with Crippen LogP contribution in [-0.4, -0.2) is 322 Å². The Morgan fingerprint density at radius 3 is 1.47 bits per heavy atom. The van der Waals surface area contributed by atoms with Gasteiger partial charge in [0.2, 0.25) is 76.8 Å². The summed E-state index contributed by atoms with van der Waals surface area (Å²) >= 11 is 0. The molecule has 0 aliphatic carbocycles. The number of nitrogens with zero attached hydrogens (tertiary/aromatic N) is 3. The van der Waals surface area contributed by atoms with Gasteiger partial charge in [0.05, 0.1) is 62.2 Å². The molecule has 0 radical (unpaired) electrons. The molecular weight excluding hydrogens is 2380 g/mol. The van der Waals surface area contributed by atoms with Gasteiger partial charge in [0.1, 0.15) is 71.9 Å². The molecule has 43 nitrogen and oxygen atoms in total. The van der Waals surface area contributed by atoms with Gasteiger partial charge in [0, 0.05) is 263 Å². The van der Waals surface area contributed by atoms with E-state index in [-0.39, 0.29) is 287 Å². The van der Waals surface area contributed by atoms with Crippen molar-refractivity contribution in [3.05, 3.63) is 148 Å². The van der Waals surface area contributed by atoms with Crippen LogP contribution in [0.3, 0.4) is 0 Å². The van der Waals surface area contributed by atoms with Crippen molar-refractivity contribution in [2.75, 3.05) is 103 Å². The van der Waals surface area contributed by atoms with E-state index >= 15 is 19.2 Å². The van der Waals surface area contributed by atoms with Crippen LogP contribution in [0.5, 0.6) is 11.5 Å². The Labute approximate surface area is 917 Å². The maximum Gasteiger partial charge on any atom is 0.305 e. The molecule has 135 heavy (non-hydrogen) atoms. The fraction of sp³-hybridized carbons (Fsp3) is 0.453. The van der Waals surface area contributed by atoms with Crippen molar-refractivity contribution in [3.8, 4) is 22.6 Å². The maximum absolute atomic E-state index is 15.4. The van der Waals surface area contributed by atoms with Crippen LogP contribution < -0.4 is 85.1 Å². The van der Waals surface area contributed by atoms with Gasteiger partial charge in [-0.1, -0.05) is 114 Å². The van der Waals surface area contributed by atoms with Crippen molar-refractivity contribution in [3.63, 3.8) is 0 Å². The first-order chi connectivity index (χ1) is 62.2. The van der Waals surface area contributed by atoms with Gasteiger partial charge in [0.15, 0.2) is 0 Å². The molecule has 11 atom stereocenters. The molecule has 17 amide bonds. The Bertz CT molecular complexity index is 4600. The summed E-state index contributed by atoms with van der Waals surface area (Å²) in [5, 5.41) is 92.3. The number of rotatable bonds is 42. The number of carbonyl (C=O) groups is 19. The minimum absolute atomic E-state index is 0. The minimum atomic E-state index is -2.14. The quantitative estimate of drug-likeness (QED) is 0.0112. The zero-order valence-electron chi connectivity index (χ0n) is 74.1. The van der Waals surface area contributed by atoms with Crippen LogP contribution in [0.1, 0.15) is 69.6 Å². The molecule has 2 aliphatic heterocycles. The molecule has 21 N–H and O–H groups in total. The number of hydrogen-bond donors (Lipinski definition) is 21. The number of aliphatic hydroxyl groups is 1. The van der Waals surface area contributed by atoms with Crippen LogP contribution >= 0.6 is 21.6 Å². The average Bonchev–Trinajstić information content (AvgIpc) is 1.72. The first kappa shape index (κ1) is 123. The van der Waals surface area contributed by atoms with E-state index < -0.39 is 229 Å². The van der Waals surface area contributed by atoms with Crippen LogP contribution in [0.25, 0.3) is 11.1 Å². The van der Waals surface area contributed by atoms with E-state index in [4.69, 9.17) is 0 Å². The molecule has 4 aromatic carbocycles. The van der Waals surface area contributed by atoms with Gasteiger partial charge in [-0.25, -0.2) is 0 Å². The number of phenols is 2. The molecule has 4 aromatic rings. The summed E-state index contributed by atoms with van der Waals surface area (Å²) in [6.07, 6.45) is -5.23. The van der Waals surface area contributed by atoms with E-state index in [0.29, 0.717) is 38.3 Å². The van der Waals surface area contributed by atoms with Gasteiger partial charge in [-0.2, -0.15) is 0 Å². The molecule has 0 aromatic heterocycles.